The first kappa shape index (κ1) is 20.7. The van der Waals surface area contributed by atoms with Crippen molar-refractivity contribution in [1.29, 1.82) is 0 Å². The Kier molecular flexibility index (Phi) is 7.96. The van der Waals surface area contributed by atoms with Crippen LogP contribution in [0.4, 0.5) is 5.82 Å². The van der Waals surface area contributed by atoms with E-state index in [1.54, 1.807) is 19.6 Å². The molecule has 24 heavy (non-hydrogen) atoms. The van der Waals surface area contributed by atoms with Gasteiger partial charge in [0.2, 0.25) is 0 Å². The van der Waals surface area contributed by atoms with Gasteiger partial charge in [-0.15, -0.1) is 24.8 Å². The van der Waals surface area contributed by atoms with E-state index in [0.717, 1.165) is 42.3 Å². The van der Waals surface area contributed by atoms with Crippen LogP contribution in [0.3, 0.4) is 0 Å². The van der Waals surface area contributed by atoms with Crippen molar-refractivity contribution in [2.45, 2.75) is 38.0 Å². The summed E-state index contributed by atoms with van der Waals surface area (Å²) in [6.07, 6.45) is 5.42. The summed E-state index contributed by atoms with van der Waals surface area (Å²) in [6.45, 7) is 1.16. The molecule has 0 aromatic carbocycles. The molecule has 0 spiro atoms. The van der Waals surface area contributed by atoms with Gasteiger partial charge in [-0.2, -0.15) is 0 Å². The molecular formula is C16H24Cl2N4O2. The van der Waals surface area contributed by atoms with Crippen LogP contribution in [0.5, 0.6) is 0 Å². The van der Waals surface area contributed by atoms with Gasteiger partial charge in [0.1, 0.15) is 12.4 Å². The van der Waals surface area contributed by atoms with E-state index in [0.29, 0.717) is 18.6 Å². The Morgan fingerprint density at radius 3 is 2.67 bits per heavy atom. The fraction of sp³-hybridized carbons (Fsp3) is 0.500. The van der Waals surface area contributed by atoms with Crippen molar-refractivity contribution >= 4 is 30.6 Å². The second-order valence-corrected chi connectivity index (χ2v) is 5.92. The second-order valence-electron chi connectivity index (χ2n) is 5.92. The van der Waals surface area contributed by atoms with E-state index < -0.39 is 0 Å². The summed E-state index contributed by atoms with van der Waals surface area (Å²) in [5.41, 5.74) is 8.08. The molecule has 2 aromatic rings. The van der Waals surface area contributed by atoms with Crippen molar-refractivity contribution in [2.75, 3.05) is 19.1 Å². The van der Waals surface area contributed by atoms with Gasteiger partial charge in [0.15, 0.2) is 5.82 Å². The predicted molar refractivity (Wildman–Crippen MR) is 98.0 cm³/mol. The van der Waals surface area contributed by atoms with E-state index >= 15 is 0 Å². The number of methoxy groups -OCH3 is 1. The molecule has 3 rings (SSSR count). The predicted octanol–water partition coefficient (Wildman–Crippen LogP) is 2.90. The minimum Gasteiger partial charge on any atom is -0.472 e. The van der Waals surface area contributed by atoms with E-state index in [4.69, 9.17) is 14.9 Å². The van der Waals surface area contributed by atoms with Crippen molar-refractivity contribution in [3.05, 3.63) is 41.7 Å². The summed E-state index contributed by atoms with van der Waals surface area (Å²) >= 11 is 0. The minimum absolute atomic E-state index is 0. The molecule has 1 saturated carbocycles. The van der Waals surface area contributed by atoms with Crippen molar-refractivity contribution in [1.82, 2.24) is 9.97 Å². The Morgan fingerprint density at radius 2 is 2.08 bits per heavy atom. The van der Waals surface area contributed by atoms with Crippen LogP contribution < -0.4 is 10.6 Å². The number of nitrogens with zero attached hydrogens (tertiary/aromatic N) is 3. The topological polar surface area (TPSA) is 77.4 Å². The van der Waals surface area contributed by atoms with Crippen LogP contribution in [0.2, 0.25) is 0 Å². The summed E-state index contributed by atoms with van der Waals surface area (Å²) in [5.74, 6) is 2.06. The normalized spacial score (nSPS) is 19.0. The van der Waals surface area contributed by atoms with Gasteiger partial charge >= 0.3 is 0 Å². The smallest absolute Gasteiger partial charge is 0.156 e. The summed E-state index contributed by atoms with van der Waals surface area (Å²) in [5, 5.41) is 0. The van der Waals surface area contributed by atoms with Crippen molar-refractivity contribution in [3.63, 3.8) is 0 Å². The maximum atomic E-state index is 5.90. The quantitative estimate of drug-likeness (QED) is 0.837. The Hall–Kier alpha value is -1.34. The average molecular weight is 375 g/mol. The van der Waals surface area contributed by atoms with Crippen molar-refractivity contribution in [3.8, 4) is 0 Å². The molecule has 0 unspecified atom stereocenters. The molecule has 0 radical (unpaired) electrons. The maximum absolute atomic E-state index is 5.90. The molecule has 1 aliphatic carbocycles. The zero-order valence-corrected chi connectivity index (χ0v) is 15.5. The number of furan rings is 1. The SMILES string of the molecule is COCc1nc(C2CC(N)C2)cc(N(C)Cc2ccoc2)n1.Cl.Cl. The average Bonchev–Trinajstić information content (AvgIpc) is 2.97. The molecule has 1 aliphatic rings. The van der Waals surface area contributed by atoms with Crippen LogP contribution in [0, 0.1) is 0 Å². The Labute approximate surface area is 154 Å². The molecule has 2 N–H and O–H groups in total. The van der Waals surface area contributed by atoms with Crippen LogP contribution in [0.1, 0.15) is 35.8 Å². The summed E-state index contributed by atoms with van der Waals surface area (Å²) < 4.78 is 10.3. The van der Waals surface area contributed by atoms with E-state index in [9.17, 15) is 0 Å². The number of hydrogen-bond acceptors (Lipinski definition) is 6. The number of nitrogens with two attached hydrogens (primary N) is 1. The largest absolute Gasteiger partial charge is 0.472 e. The van der Waals surface area contributed by atoms with Gasteiger partial charge in [-0.05, 0) is 18.9 Å². The molecule has 2 aromatic heterocycles. The Bertz CT molecular complexity index is 619. The maximum Gasteiger partial charge on any atom is 0.156 e. The molecule has 2 heterocycles. The van der Waals surface area contributed by atoms with Gasteiger partial charge in [0.05, 0.1) is 12.5 Å². The number of anilines is 1. The second kappa shape index (κ2) is 9.22. The van der Waals surface area contributed by atoms with Gasteiger partial charge in [0.25, 0.3) is 0 Å². The molecule has 0 aliphatic heterocycles. The number of rotatable bonds is 6. The fourth-order valence-electron chi connectivity index (χ4n) is 2.74. The van der Waals surface area contributed by atoms with Crippen LogP contribution in [-0.2, 0) is 17.9 Å². The summed E-state index contributed by atoms with van der Waals surface area (Å²) in [6, 6.07) is 4.33. The highest BCUT2D eigenvalue weighted by molar-refractivity contribution is 5.85. The van der Waals surface area contributed by atoms with E-state index in [1.807, 2.05) is 13.1 Å². The zero-order valence-electron chi connectivity index (χ0n) is 13.8. The third kappa shape index (κ3) is 4.83. The van der Waals surface area contributed by atoms with E-state index in [-0.39, 0.29) is 24.8 Å². The van der Waals surface area contributed by atoms with Crippen molar-refractivity contribution in [2.24, 2.45) is 5.73 Å². The molecule has 0 amide bonds. The number of aromatic nitrogens is 2. The zero-order chi connectivity index (χ0) is 15.5. The minimum atomic E-state index is 0. The molecule has 1 fully saturated rings. The Balaban J connectivity index is 0.00000144. The van der Waals surface area contributed by atoms with E-state index in [2.05, 4.69) is 20.9 Å². The highest BCUT2D eigenvalue weighted by Crippen LogP contribution is 2.35. The fourth-order valence-corrected chi connectivity index (χ4v) is 2.74. The van der Waals surface area contributed by atoms with Gasteiger partial charge in [-0.25, -0.2) is 9.97 Å². The third-order valence-corrected chi connectivity index (χ3v) is 4.04. The standard InChI is InChI=1S/C16H22N4O2.2ClH/c1-20(8-11-3-4-22-9-11)16-7-14(12-5-13(17)6-12)18-15(19-16)10-21-2;;/h3-4,7,9,12-13H,5-6,8,10,17H2,1-2H3;2*1H. The lowest BCUT2D eigenvalue weighted by atomic mass is 9.78. The third-order valence-electron chi connectivity index (χ3n) is 4.04. The number of hydrogen-bond donors (Lipinski definition) is 1. The van der Waals surface area contributed by atoms with Crippen LogP contribution in [0.15, 0.2) is 29.1 Å². The highest BCUT2D eigenvalue weighted by Gasteiger charge is 2.29. The molecule has 134 valence electrons. The first-order valence-corrected chi connectivity index (χ1v) is 7.50. The number of ether oxygens (including phenoxy) is 1. The molecule has 0 bridgehead atoms. The molecule has 0 saturated heterocycles. The lowest BCUT2D eigenvalue weighted by Gasteiger charge is -2.32. The van der Waals surface area contributed by atoms with Crippen LogP contribution in [0.25, 0.3) is 0 Å². The molecular weight excluding hydrogens is 351 g/mol. The first-order chi connectivity index (χ1) is 10.7. The monoisotopic (exact) mass is 374 g/mol. The number of halogens is 2. The van der Waals surface area contributed by atoms with E-state index in [1.165, 1.54) is 0 Å². The molecule has 6 nitrogen and oxygen atoms in total. The van der Waals surface area contributed by atoms with Crippen molar-refractivity contribution < 1.29 is 9.15 Å². The van der Waals surface area contributed by atoms with Crippen LogP contribution in [-0.4, -0.2) is 30.2 Å². The van der Waals surface area contributed by atoms with Gasteiger partial charge < -0.3 is 19.8 Å². The lowest BCUT2D eigenvalue weighted by Crippen LogP contribution is -2.35. The lowest BCUT2D eigenvalue weighted by molar-refractivity contribution is 0.177. The molecule has 0 atom stereocenters. The van der Waals surface area contributed by atoms with Gasteiger partial charge in [-0.1, -0.05) is 0 Å². The summed E-state index contributed by atoms with van der Waals surface area (Å²) in [4.78, 5) is 11.3. The van der Waals surface area contributed by atoms with Gasteiger partial charge in [0, 0.05) is 50.0 Å². The summed E-state index contributed by atoms with van der Waals surface area (Å²) in [7, 11) is 3.67. The highest BCUT2D eigenvalue weighted by atomic mass is 35.5. The Morgan fingerprint density at radius 1 is 1.33 bits per heavy atom. The first-order valence-electron chi connectivity index (χ1n) is 7.50. The van der Waals surface area contributed by atoms with Crippen LogP contribution >= 0.6 is 24.8 Å². The molecule has 8 heteroatoms. The van der Waals surface area contributed by atoms with Gasteiger partial charge in [-0.3, -0.25) is 0 Å².